The number of esters is 3. The molecule has 69 heavy (non-hydrogen) atoms. The molecule has 0 unspecified atom stereocenters. The molecule has 394 valence electrons. The highest BCUT2D eigenvalue weighted by molar-refractivity contribution is 7.85. The van der Waals surface area contributed by atoms with Crippen LogP contribution >= 0.6 is 0 Å². The SMILES string of the molecule is Cc1cc(OCCCC(=O)NCCNC(=O)[C@H](CS(=O)(=O)O)NC(=O)CN2CCN(CC(=O)OC(C)(C)C)CCN(CC(=O)OC(C)(C)C)CCN(CC(=O)OC(C)(C)C)CC2)cc(C)c1[SH](=O)=O. The van der Waals surface area contributed by atoms with E-state index in [0.717, 1.165) is 0 Å². The van der Waals surface area contributed by atoms with E-state index in [9.17, 15) is 50.2 Å². The fourth-order valence-electron chi connectivity index (χ4n) is 7.03. The molecule has 1 aromatic rings. The van der Waals surface area contributed by atoms with Gasteiger partial charge in [-0.25, -0.2) is 8.42 Å². The average Bonchev–Trinajstić information content (AvgIpc) is 3.15. The number of aryl methyl sites for hydroxylation is 2. The van der Waals surface area contributed by atoms with Crippen LogP contribution in [0.15, 0.2) is 17.0 Å². The lowest BCUT2D eigenvalue weighted by Crippen LogP contribution is -2.54. The van der Waals surface area contributed by atoms with Gasteiger partial charge in [0.05, 0.1) is 37.7 Å². The van der Waals surface area contributed by atoms with Crippen molar-refractivity contribution >= 4 is 56.5 Å². The Morgan fingerprint density at radius 1 is 0.638 bits per heavy atom. The number of hydrogen-bond donors (Lipinski definition) is 5. The Balaban J connectivity index is 2.17. The Kier molecular flexibility index (Phi) is 24.4. The fourth-order valence-corrected chi connectivity index (χ4v) is 8.39. The molecule has 0 aromatic heterocycles. The number of nitrogens with zero attached hydrogens (tertiary/aromatic N) is 4. The van der Waals surface area contributed by atoms with Crippen LogP contribution in [0.3, 0.4) is 0 Å². The zero-order valence-electron chi connectivity index (χ0n) is 42.3. The Bertz CT molecular complexity index is 2020. The van der Waals surface area contributed by atoms with Crippen LogP contribution in [0.4, 0.5) is 0 Å². The van der Waals surface area contributed by atoms with E-state index in [2.05, 4.69) is 16.0 Å². The van der Waals surface area contributed by atoms with Gasteiger partial charge in [0, 0.05) is 71.9 Å². The summed E-state index contributed by atoms with van der Waals surface area (Å²) in [7, 11) is -7.53. The molecule has 0 saturated carbocycles. The number of carbonyl (C=O) groups excluding carboxylic acids is 6. The number of nitrogens with one attached hydrogen (secondary N) is 3. The van der Waals surface area contributed by atoms with E-state index < -0.39 is 79.1 Å². The van der Waals surface area contributed by atoms with Crippen LogP contribution in [0.25, 0.3) is 0 Å². The lowest BCUT2D eigenvalue weighted by Gasteiger charge is -2.34. The third kappa shape index (κ3) is 27.5. The summed E-state index contributed by atoms with van der Waals surface area (Å²) in [6, 6.07) is 1.49. The van der Waals surface area contributed by atoms with Crippen molar-refractivity contribution in [3.05, 3.63) is 23.3 Å². The number of rotatable bonds is 21. The number of benzene rings is 1. The van der Waals surface area contributed by atoms with Gasteiger partial charge in [0.15, 0.2) is 10.7 Å². The number of carbonyl (C=O) groups is 6. The topological polar surface area (TPSA) is 277 Å². The Labute approximate surface area is 409 Å². The van der Waals surface area contributed by atoms with Gasteiger partial charge in [-0.1, -0.05) is 0 Å². The largest absolute Gasteiger partial charge is 0.494 e. The van der Waals surface area contributed by atoms with Crippen LogP contribution in [0.5, 0.6) is 5.75 Å². The average molecular weight is 1020 g/mol. The number of amides is 3. The minimum Gasteiger partial charge on any atom is -0.494 e. The van der Waals surface area contributed by atoms with Crippen molar-refractivity contribution < 1.29 is 69.1 Å². The first kappa shape index (κ1) is 60.7. The summed E-state index contributed by atoms with van der Waals surface area (Å²) in [4.78, 5) is 86.0. The van der Waals surface area contributed by atoms with Crippen molar-refractivity contribution in [2.75, 3.05) is 104 Å². The van der Waals surface area contributed by atoms with Crippen LogP contribution in [0.2, 0.25) is 0 Å². The summed E-state index contributed by atoms with van der Waals surface area (Å²) in [6.45, 7) is 20.5. The first-order valence-corrected chi connectivity index (χ1v) is 25.8. The van der Waals surface area contributed by atoms with E-state index in [1.165, 1.54) is 0 Å². The Morgan fingerprint density at radius 3 is 1.38 bits per heavy atom. The van der Waals surface area contributed by atoms with Gasteiger partial charge in [-0.3, -0.25) is 52.9 Å². The van der Waals surface area contributed by atoms with E-state index in [4.69, 9.17) is 18.9 Å². The number of ether oxygens (including phenoxy) is 4. The molecule has 3 amide bonds. The molecule has 1 atom stereocenters. The van der Waals surface area contributed by atoms with Gasteiger partial charge in [0.2, 0.25) is 17.7 Å². The van der Waals surface area contributed by atoms with E-state index in [0.29, 0.717) is 49.5 Å². The van der Waals surface area contributed by atoms with E-state index in [1.807, 2.05) is 14.7 Å². The van der Waals surface area contributed by atoms with Crippen molar-refractivity contribution in [3.8, 4) is 5.75 Å². The summed E-state index contributed by atoms with van der Waals surface area (Å²) >= 11 is 0. The molecule has 24 heteroatoms. The first-order chi connectivity index (χ1) is 31.8. The maximum Gasteiger partial charge on any atom is 0.320 e. The van der Waals surface area contributed by atoms with Gasteiger partial charge in [0.25, 0.3) is 10.1 Å². The predicted octanol–water partition coefficient (Wildman–Crippen LogP) is 0.284. The summed E-state index contributed by atoms with van der Waals surface area (Å²) < 4.78 is 79.2. The van der Waals surface area contributed by atoms with Gasteiger partial charge < -0.3 is 34.9 Å². The second-order valence-corrected chi connectivity index (χ2v) is 22.4. The summed E-state index contributed by atoms with van der Waals surface area (Å²) in [6.07, 6.45) is 0.393. The minimum atomic E-state index is -4.78. The van der Waals surface area contributed by atoms with Gasteiger partial charge >= 0.3 is 17.9 Å². The molecule has 22 nitrogen and oxygen atoms in total. The predicted molar refractivity (Wildman–Crippen MR) is 257 cm³/mol. The monoisotopic (exact) mass is 1020 g/mol. The summed E-state index contributed by atoms with van der Waals surface area (Å²) in [5, 5.41) is 7.51. The highest BCUT2D eigenvalue weighted by atomic mass is 32.2. The molecule has 2 rings (SSSR count). The van der Waals surface area contributed by atoms with Crippen LogP contribution in [-0.2, 0) is 63.8 Å². The van der Waals surface area contributed by atoms with Crippen LogP contribution < -0.4 is 20.7 Å². The minimum absolute atomic E-state index is 0.0443. The molecule has 1 aliphatic rings. The van der Waals surface area contributed by atoms with Crippen molar-refractivity contribution in [2.45, 2.75) is 117 Å². The maximum atomic E-state index is 13.6. The molecule has 1 saturated heterocycles. The van der Waals surface area contributed by atoms with E-state index in [-0.39, 0.29) is 89.3 Å². The van der Waals surface area contributed by atoms with Crippen molar-refractivity contribution in [1.82, 2.24) is 35.6 Å². The highest BCUT2D eigenvalue weighted by Gasteiger charge is 2.29. The van der Waals surface area contributed by atoms with E-state index >= 15 is 0 Å². The molecule has 0 bridgehead atoms. The zero-order chi connectivity index (χ0) is 52.3. The van der Waals surface area contributed by atoms with Crippen molar-refractivity contribution in [3.63, 3.8) is 0 Å². The molecule has 0 spiro atoms. The quantitative estimate of drug-likeness (QED) is 0.0364. The van der Waals surface area contributed by atoms with Gasteiger partial charge in [-0.2, -0.15) is 8.42 Å². The van der Waals surface area contributed by atoms with Gasteiger partial charge in [-0.05, 0) is 106 Å². The summed E-state index contributed by atoms with van der Waals surface area (Å²) in [5.74, 6) is -4.14. The fraction of sp³-hybridized carbons (Fsp3) is 0.733. The lowest BCUT2D eigenvalue weighted by molar-refractivity contribution is -0.158. The van der Waals surface area contributed by atoms with Crippen molar-refractivity contribution in [1.29, 1.82) is 0 Å². The molecule has 0 aliphatic carbocycles. The van der Waals surface area contributed by atoms with Crippen LogP contribution in [0, 0.1) is 13.8 Å². The second-order valence-electron chi connectivity index (χ2n) is 20.0. The smallest absolute Gasteiger partial charge is 0.320 e. The van der Waals surface area contributed by atoms with Crippen molar-refractivity contribution in [2.24, 2.45) is 0 Å². The standard InChI is InChI=1S/C45H77N7O15S2/c1-32-25-34(26-33(2)41(32)68(59)60)64-24-12-13-36(53)46-14-15-47-42(58)35(31-69(61,62)63)48-37(54)27-49-16-18-50(28-38(55)65-43(3,4)5)20-22-52(30-40(57)67-45(9,10)11)23-21-51(19-17-49)29-39(56)66-44(6,7)8/h25-26,35,68H,12-24,27-31H2,1-11H3,(H,46,53)(H,47,58)(H,48,54)(H,61,62,63)/t35-/m0/s1. The molecular weight excluding hydrogens is 943 g/mol. The molecule has 1 aliphatic heterocycles. The van der Waals surface area contributed by atoms with Crippen LogP contribution in [-0.4, -0.2) is 203 Å². The lowest BCUT2D eigenvalue weighted by atomic mass is 10.1. The van der Waals surface area contributed by atoms with Gasteiger partial charge in [-0.15, -0.1) is 0 Å². The zero-order valence-corrected chi connectivity index (χ0v) is 44.0. The second kappa shape index (κ2) is 27.8. The third-order valence-corrected chi connectivity index (χ3v) is 11.7. The molecule has 1 aromatic carbocycles. The Morgan fingerprint density at radius 2 is 1.01 bits per heavy atom. The third-order valence-electron chi connectivity index (χ3n) is 9.85. The number of hydrogen-bond acceptors (Lipinski definition) is 18. The number of thiol groups is 1. The Hall–Kier alpha value is -4.46. The highest BCUT2D eigenvalue weighted by Crippen LogP contribution is 2.23. The van der Waals surface area contributed by atoms with Gasteiger partial charge in [0.1, 0.15) is 34.3 Å². The molecule has 4 N–H and O–H groups in total. The molecule has 1 fully saturated rings. The molecular formula is C45H77N7O15S2. The normalized spacial score (nSPS) is 16.1. The van der Waals surface area contributed by atoms with Crippen LogP contribution in [0.1, 0.15) is 86.3 Å². The molecule has 0 radical (unpaired) electrons. The van der Waals surface area contributed by atoms with E-state index in [1.54, 1.807) is 93.2 Å². The maximum absolute atomic E-state index is 13.6. The summed E-state index contributed by atoms with van der Waals surface area (Å²) in [5.41, 5.74) is -1.15. The molecule has 1 heterocycles. The first-order valence-electron chi connectivity index (χ1n) is 23.0.